The molecule has 4 heterocycles. The zero-order valence-corrected chi connectivity index (χ0v) is 20.9. The second kappa shape index (κ2) is 9.46. The molecule has 1 saturated carbocycles. The molecule has 4 atom stereocenters. The van der Waals surface area contributed by atoms with Crippen LogP contribution in [0.2, 0.25) is 0 Å². The van der Waals surface area contributed by atoms with Crippen molar-refractivity contribution in [3.8, 4) is 11.3 Å². The maximum atomic E-state index is 15.1. The van der Waals surface area contributed by atoms with E-state index in [-0.39, 0.29) is 47.9 Å². The highest BCUT2D eigenvalue weighted by molar-refractivity contribution is 5.63. The van der Waals surface area contributed by atoms with Gasteiger partial charge in [-0.3, -0.25) is 4.98 Å². The van der Waals surface area contributed by atoms with Crippen molar-refractivity contribution in [1.29, 1.82) is 0 Å². The van der Waals surface area contributed by atoms with Crippen LogP contribution in [0.5, 0.6) is 0 Å². The maximum absolute atomic E-state index is 15.1. The lowest BCUT2D eigenvalue weighted by Crippen LogP contribution is -2.46. The van der Waals surface area contributed by atoms with Crippen molar-refractivity contribution in [3.63, 3.8) is 0 Å². The average molecular weight is 522 g/mol. The highest BCUT2D eigenvalue weighted by atomic mass is 19.1. The van der Waals surface area contributed by atoms with E-state index in [1.165, 1.54) is 0 Å². The van der Waals surface area contributed by atoms with Gasteiger partial charge in [0.15, 0.2) is 0 Å². The molecule has 2 fully saturated rings. The first-order valence-electron chi connectivity index (χ1n) is 12.7. The number of aromatic nitrogens is 4. The van der Waals surface area contributed by atoms with E-state index in [4.69, 9.17) is 10.5 Å². The molecule has 0 unspecified atom stereocenters. The van der Waals surface area contributed by atoms with Gasteiger partial charge in [0.2, 0.25) is 0 Å². The van der Waals surface area contributed by atoms with Crippen LogP contribution in [0.15, 0.2) is 48.9 Å². The molecule has 0 bridgehead atoms. The molecule has 38 heavy (non-hydrogen) atoms. The first kappa shape index (κ1) is 25.0. The van der Waals surface area contributed by atoms with Crippen molar-refractivity contribution in [2.45, 2.75) is 49.9 Å². The molecule has 1 aliphatic heterocycles. The van der Waals surface area contributed by atoms with E-state index in [2.05, 4.69) is 15.1 Å². The van der Waals surface area contributed by atoms with Crippen molar-refractivity contribution < 1.29 is 23.7 Å². The Bertz CT molecular complexity index is 1470. The number of benzene rings is 1. The van der Waals surface area contributed by atoms with Crippen molar-refractivity contribution in [2.24, 2.45) is 11.7 Å². The molecule has 1 aromatic carbocycles. The predicted molar refractivity (Wildman–Crippen MR) is 135 cm³/mol. The number of aliphatic hydroxyl groups excluding tert-OH is 1. The zero-order chi connectivity index (χ0) is 26.6. The molecule has 1 aliphatic carbocycles. The Morgan fingerprint density at radius 3 is 2.58 bits per heavy atom. The number of hydrogen-bond donors (Lipinski definition) is 3. The summed E-state index contributed by atoms with van der Waals surface area (Å²) in [6.45, 7) is 2.00. The first-order chi connectivity index (χ1) is 18.2. The number of pyridine rings is 1. The monoisotopic (exact) mass is 521 g/mol. The SMILES string of the molecule is C[C@H]1C[C@@H](c2ccncc2Cc2ncc3ccc(-c4c(F)cc(C5(O)COC5)cc4F)nn23)C[C@@H](N)[C@H]1O. The molecule has 198 valence electrons. The lowest BCUT2D eigenvalue weighted by Gasteiger charge is -2.36. The van der Waals surface area contributed by atoms with Crippen LogP contribution in [0.25, 0.3) is 16.8 Å². The fraction of sp³-hybridized carbons (Fsp3) is 0.393. The van der Waals surface area contributed by atoms with Crippen LogP contribution in [0.4, 0.5) is 8.78 Å². The Labute approximate surface area is 218 Å². The normalized spacial score (nSPS) is 24.9. The van der Waals surface area contributed by atoms with E-state index in [9.17, 15) is 10.2 Å². The smallest absolute Gasteiger partial charge is 0.136 e. The number of fused-ring (bicyclic) bond motifs is 1. The number of imidazole rings is 1. The van der Waals surface area contributed by atoms with E-state index in [0.29, 0.717) is 24.2 Å². The van der Waals surface area contributed by atoms with Crippen LogP contribution < -0.4 is 5.73 Å². The number of halogens is 2. The van der Waals surface area contributed by atoms with Crippen LogP contribution in [0.3, 0.4) is 0 Å². The van der Waals surface area contributed by atoms with Crippen molar-refractivity contribution in [2.75, 3.05) is 13.2 Å². The topological polar surface area (TPSA) is 119 Å². The van der Waals surface area contributed by atoms with Gasteiger partial charge in [-0.2, -0.15) is 5.10 Å². The van der Waals surface area contributed by atoms with Gasteiger partial charge in [-0.15, -0.1) is 0 Å². The number of hydrogen-bond acceptors (Lipinski definition) is 7. The molecule has 0 amide bonds. The predicted octanol–water partition coefficient (Wildman–Crippen LogP) is 3.08. The Kier molecular flexibility index (Phi) is 6.22. The van der Waals surface area contributed by atoms with E-state index in [1.807, 2.05) is 13.0 Å². The van der Waals surface area contributed by atoms with Gasteiger partial charge in [0.25, 0.3) is 0 Å². The van der Waals surface area contributed by atoms with Crippen LogP contribution in [-0.2, 0) is 16.8 Å². The average Bonchev–Trinajstić information content (AvgIpc) is 3.27. The van der Waals surface area contributed by atoms with Crippen LogP contribution in [0, 0.1) is 17.6 Å². The molecule has 0 spiro atoms. The highest BCUT2D eigenvalue weighted by Crippen LogP contribution is 2.38. The minimum absolute atomic E-state index is 0.00352. The third-order valence-corrected chi connectivity index (χ3v) is 7.94. The standard InChI is InChI=1S/C28H29F2N5O3/c1-15-6-16(7-23(31)27(15)36)20-4-5-32-11-17(20)8-25-33-12-19-2-3-24(34-35(19)25)26-21(29)9-18(10-22(26)30)28(37)13-38-14-28/h2-5,9-12,15-16,23,27,36-37H,6-8,13-14,31H2,1H3/t15-,16+,23+,27-/m0/s1. The second-order valence-corrected chi connectivity index (χ2v) is 10.6. The Hall–Kier alpha value is -3.31. The third kappa shape index (κ3) is 4.27. The molecule has 10 heteroatoms. The molecule has 6 rings (SSSR count). The van der Waals surface area contributed by atoms with Gasteiger partial charge in [-0.05, 0) is 71.7 Å². The van der Waals surface area contributed by atoms with E-state index >= 15 is 8.78 Å². The number of aliphatic hydroxyl groups is 2. The second-order valence-electron chi connectivity index (χ2n) is 10.6. The van der Waals surface area contributed by atoms with Crippen molar-refractivity contribution in [1.82, 2.24) is 19.6 Å². The largest absolute Gasteiger partial charge is 0.391 e. The highest BCUT2D eigenvalue weighted by Gasteiger charge is 2.39. The summed E-state index contributed by atoms with van der Waals surface area (Å²) >= 11 is 0. The summed E-state index contributed by atoms with van der Waals surface area (Å²) < 4.78 is 36.8. The van der Waals surface area contributed by atoms with Crippen LogP contribution >= 0.6 is 0 Å². The molecule has 8 nitrogen and oxygen atoms in total. The van der Waals surface area contributed by atoms with E-state index in [0.717, 1.165) is 29.7 Å². The molecule has 4 aromatic rings. The van der Waals surface area contributed by atoms with Gasteiger partial charge >= 0.3 is 0 Å². The van der Waals surface area contributed by atoms with Crippen molar-refractivity contribution in [3.05, 3.63) is 83.1 Å². The molecular weight excluding hydrogens is 492 g/mol. The summed E-state index contributed by atoms with van der Waals surface area (Å²) in [6, 6.07) is 7.22. The molecular formula is C28H29F2N5O3. The summed E-state index contributed by atoms with van der Waals surface area (Å²) in [5, 5.41) is 25.3. The lowest BCUT2D eigenvalue weighted by molar-refractivity contribution is -0.184. The van der Waals surface area contributed by atoms with Gasteiger partial charge in [0.1, 0.15) is 23.1 Å². The Balaban J connectivity index is 1.34. The first-order valence-corrected chi connectivity index (χ1v) is 12.7. The summed E-state index contributed by atoms with van der Waals surface area (Å²) in [5.74, 6) is -0.770. The van der Waals surface area contributed by atoms with Gasteiger partial charge in [-0.25, -0.2) is 18.3 Å². The zero-order valence-electron chi connectivity index (χ0n) is 20.9. The minimum Gasteiger partial charge on any atom is -0.391 e. The number of ether oxygens (including phenoxy) is 1. The quantitative estimate of drug-likeness (QED) is 0.369. The molecule has 1 saturated heterocycles. The number of nitrogens with zero attached hydrogens (tertiary/aromatic N) is 4. The summed E-state index contributed by atoms with van der Waals surface area (Å²) in [7, 11) is 0. The van der Waals surface area contributed by atoms with Crippen LogP contribution in [-0.4, -0.2) is 55.2 Å². The summed E-state index contributed by atoms with van der Waals surface area (Å²) in [6.07, 6.45) is 6.59. The third-order valence-electron chi connectivity index (χ3n) is 7.94. The number of nitrogens with two attached hydrogens (primary N) is 1. The molecule has 0 radical (unpaired) electrons. The van der Waals surface area contributed by atoms with E-state index < -0.39 is 23.3 Å². The molecule has 4 N–H and O–H groups in total. The van der Waals surface area contributed by atoms with Gasteiger partial charge in [0, 0.05) is 24.9 Å². The molecule has 2 aliphatic rings. The molecule has 3 aromatic heterocycles. The van der Waals surface area contributed by atoms with Gasteiger partial charge in [-0.1, -0.05) is 6.92 Å². The fourth-order valence-corrected chi connectivity index (χ4v) is 5.72. The van der Waals surface area contributed by atoms with Crippen LogP contribution in [0.1, 0.15) is 48.2 Å². The maximum Gasteiger partial charge on any atom is 0.136 e. The van der Waals surface area contributed by atoms with Gasteiger partial charge < -0.3 is 20.7 Å². The number of rotatable bonds is 5. The Morgan fingerprint density at radius 1 is 1.13 bits per heavy atom. The van der Waals surface area contributed by atoms with Gasteiger partial charge in [0.05, 0.1) is 42.3 Å². The Morgan fingerprint density at radius 2 is 1.89 bits per heavy atom. The van der Waals surface area contributed by atoms with E-state index in [1.54, 1.807) is 35.2 Å². The van der Waals surface area contributed by atoms with Crippen molar-refractivity contribution >= 4 is 5.52 Å². The summed E-state index contributed by atoms with van der Waals surface area (Å²) in [5.41, 5.74) is 7.58. The summed E-state index contributed by atoms with van der Waals surface area (Å²) in [4.78, 5) is 8.85. The fourth-order valence-electron chi connectivity index (χ4n) is 5.72. The lowest BCUT2D eigenvalue weighted by atomic mass is 9.74. The minimum atomic E-state index is -1.38.